The highest BCUT2D eigenvalue weighted by Gasteiger charge is 1.98. The Balaban J connectivity index is 2.97. The first-order valence-corrected chi connectivity index (χ1v) is 4.22. The Morgan fingerprint density at radius 1 is 1.30 bits per heavy atom. The Morgan fingerprint density at radius 2 is 2.00 bits per heavy atom. The minimum Gasteiger partial charge on any atom is -0.382 e. The van der Waals surface area contributed by atoms with Crippen LogP contribution in [0.25, 0.3) is 0 Å². The molecule has 61 valence electrons. The first kappa shape index (κ1) is 9.96. The molecule has 0 aliphatic heterocycles. The van der Waals surface area contributed by atoms with E-state index >= 15 is 0 Å². The smallest absolute Gasteiger partial charge is 0.0468 e. The van der Waals surface area contributed by atoms with Crippen LogP contribution in [0.3, 0.4) is 0 Å². The molecule has 0 bridgehead atoms. The van der Waals surface area contributed by atoms with E-state index in [2.05, 4.69) is 13.8 Å². The number of hydrogen-bond acceptors (Lipinski definition) is 1. The molecule has 0 fully saturated rings. The van der Waals surface area contributed by atoms with Gasteiger partial charge in [-0.1, -0.05) is 26.7 Å². The second kappa shape index (κ2) is 7.07. The molecule has 0 rings (SSSR count). The molecule has 0 amide bonds. The van der Waals surface area contributed by atoms with Crippen LogP contribution in [-0.2, 0) is 4.74 Å². The minimum absolute atomic E-state index is 0.594. The Morgan fingerprint density at radius 3 is 2.50 bits per heavy atom. The Hall–Kier alpha value is -0.0400. The maximum absolute atomic E-state index is 5.21. The zero-order valence-corrected chi connectivity index (χ0v) is 7.23. The summed E-state index contributed by atoms with van der Waals surface area (Å²) in [7, 11) is 0. The summed E-state index contributed by atoms with van der Waals surface area (Å²) in [5, 5.41) is 0. The monoisotopic (exact) mass is 143 g/mol. The second-order valence-electron chi connectivity index (χ2n) is 2.64. The maximum atomic E-state index is 5.21. The van der Waals surface area contributed by atoms with E-state index in [-0.39, 0.29) is 0 Å². The van der Waals surface area contributed by atoms with Crippen molar-refractivity contribution >= 4 is 0 Å². The largest absolute Gasteiger partial charge is 0.382 e. The van der Waals surface area contributed by atoms with Gasteiger partial charge >= 0.3 is 0 Å². The lowest BCUT2D eigenvalue weighted by Crippen LogP contribution is -2.01. The third-order valence-electron chi connectivity index (χ3n) is 1.57. The molecule has 0 aromatic rings. The number of hydrogen-bond donors (Lipinski definition) is 0. The average molecular weight is 143 g/mol. The lowest BCUT2D eigenvalue weighted by Gasteiger charge is -2.08. The predicted octanol–water partition coefficient (Wildman–Crippen LogP) is 2.66. The van der Waals surface area contributed by atoms with Gasteiger partial charge in [0.1, 0.15) is 0 Å². The van der Waals surface area contributed by atoms with Crippen LogP contribution >= 0.6 is 0 Å². The third-order valence-corrected chi connectivity index (χ3v) is 1.57. The molecule has 0 aliphatic carbocycles. The summed E-state index contributed by atoms with van der Waals surface area (Å²) in [6, 6.07) is 0. The average Bonchev–Trinajstić information content (AvgIpc) is 1.89. The van der Waals surface area contributed by atoms with E-state index in [0.717, 1.165) is 19.6 Å². The van der Waals surface area contributed by atoms with Gasteiger partial charge in [-0.2, -0.15) is 0 Å². The van der Waals surface area contributed by atoms with Crippen molar-refractivity contribution in [1.82, 2.24) is 0 Å². The molecule has 0 aliphatic rings. The van der Waals surface area contributed by atoms with Gasteiger partial charge in [0.25, 0.3) is 0 Å². The Labute approximate surface area is 64.8 Å². The fourth-order valence-corrected chi connectivity index (χ4v) is 0.947. The zero-order valence-electron chi connectivity index (χ0n) is 7.23. The van der Waals surface area contributed by atoms with Crippen molar-refractivity contribution in [3.8, 4) is 0 Å². The molecule has 0 N–H and O–H groups in total. The standard InChI is InChI=1S/C9H19O/c1-4-6-9(3)7-8-10-5-2/h9H,3-8H2,1-2H3. The van der Waals surface area contributed by atoms with E-state index in [0.29, 0.717) is 5.92 Å². The molecule has 1 nitrogen and oxygen atoms in total. The molecule has 1 unspecified atom stereocenters. The van der Waals surface area contributed by atoms with Crippen molar-refractivity contribution in [2.24, 2.45) is 5.92 Å². The summed E-state index contributed by atoms with van der Waals surface area (Å²) < 4.78 is 5.21. The molecule has 10 heavy (non-hydrogen) atoms. The van der Waals surface area contributed by atoms with Crippen LogP contribution in [0.4, 0.5) is 0 Å². The summed E-state index contributed by atoms with van der Waals surface area (Å²) in [5.74, 6) is 0.594. The molecule has 0 saturated heterocycles. The van der Waals surface area contributed by atoms with Crippen molar-refractivity contribution in [1.29, 1.82) is 0 Å². The van der Waals surface area contributed by atoms with Crippen LogP contribution in [0.1, 0.15) is 33.1 Å². The highest BCUT2D eigenvalue weighted by Crippen LogP contribution is 2.08. The third kappa shape index (κ3) is 6.09. The molecule has 1 heteroatoms. The van der Waals surface area contributed by atoms with Crippen LogP contribution in [-0.4, -0.2) is 13.2 Å². The molecule has 0 heterocycles. The van der Waals surface area contributed by atoms with Gasteiger partial charge in [-0.25, -0.2) is 0 Å². The Bertz CT molecular complexity index is 61.7. The minimum atomic E-state index is 0.594. The van der Waals surface area contributed by atoms with Crippen molar-refractivity contribution in [2.75, 3.05) is 13.2 Å². The van der Waals surface area contributed by atoms with Gasteiger partial charge in [-0.15, -0.1) is 0 Å². The van der Waals surface area contributed by atoms with Gasteiger partial charge in [0, 0.05) is 13.2 Å². The van der Waals surface area contributed by atoms with E-state index in [1.54, 1.807) is 0 Å². The molecular formula is C9H19O. The van der Waals surface area contributed by atoms with Crippen molar-refractivity contribution in [2.45, 2.75) is 33.1 Å². The predicted molar refractivity (Wildman–Crippen MR) is 44.9 cm³/mol. The highest BCUT2D eigenvalue weighted by molar-refractivity contribution is 4.59. The molecule has 1 atom stereocenters. The summed E-state index contributed by atoms with van der Waals surface area (Å²) in [6.07, 6.45) is 3.58. The van der Waals surface area contributed by atoms with Gasteiger partial charge in [0.2, 0.25) is 0 Å². The number of rotatable bonds is 6. The van der Waals surface area contributed by atoms with E-state index in [1.807, 2.05) is 6.92 Å². The fraction of sp³-hybridized carbons (Fsp3) is 0.889. The summed E-state index contributed by atoms with van der Waals surface area (Å²) in [5.41, 5.74) is 0. The first-order chi connectivity index (χ1) is 4.81. The van der Waals surface area contributed by atoms with E-state index in [1.165, 1.54) is 12.8 Å². The van der Waals surface area contributed by atoms with E-state index < -0.39 is 0 Å². The van der Waals surface area contributed by atoms with Gasteiger partial charge in [-0.3, -0.25) is 0 Å². The first-order valence-electron chi connectivity index (χ1n) is 4.22. The van der Waals surface area contributed by atoms with Gasteiger partial charge in [0.15, 0.2) is 0 Å². The SMILES string of the molecule is [CH2]C(CCC)CCOCC. The molecule has 0 aromatic carbocycles. The van der Waals surface area contributed by atoms with Gasteiger partial charge < -0.3 is 4.74 Å². The zero-order chi connectivity index (χ0) is 7.82. The highest BCUT2D eigenvalue weighted by atomic mass is 16.5. The second-order valence-corrected chi connectivity index (χ2v) is 2.64. The van der Waals surface area contributed by atoms with Crippen LogP contribution in [0.2, 0.25) is 0 Å². The quantitative estimate of drug-likeness (QED) is 0.519. The van der Waals surface area contributed by atoms with Crippen LogP contribution in [0, 0.1) is 12.8 Å². The lowest BCUT2D eigenvalue weighted by atomic mass is 10.0. The molecular weight excluding hydrogens is 124 g/mol. The van der Waals surface area contributed by atoms with Crippen LogP contribution < -0.4 is 0 Å². The summed E-state index contributed by atoms with van der Waals surface area (Å²) in [4.78, 5) is 0. The molecule has 0 aromatic heterocycles. The van der Waals surface area contributed by atoms with Crippen LogP contribution in [0.5, 0.6) is 0 Å². The van der Waals surface area contributed by atoms with E-state index in [4.69, 9.17) is 4.74 Å². The fourth-order valence-electron chi connectivity index (χ4n) is 0.947. The van der Waals surface area contributed by atoms with Crippen LogP contribution in [0.15, 0.2) is 0 Å². The topological polar surface area (TPSA) is 9.23 Å². The molecule has 1 radical (unpaired) electrons. The molecule has 0 saturated carbocycles. The Kier molecular flexibility index (Phi) is 7.04. The maximum Gasteiger partial charge on any atom is 0.0468 e. The lowest BCUT2D eigenvalue weighted by molar-refractivity contribution is 0.135. The van der Waals surface area contributed by atoms with Gasteiger partial charge in [-0.05, 0) is 19.3 Å². The van der Waals surface area contributed by atoms with Crippen molar-refractivity contribution < 1.29 is 4.74 Å². The van der Waals surface area contributed by atoms with Gasteiger partial charge in [0.05, 0.1) is 0 Å². The normalized spacial score (nSPS) is 13.5. The summed E-state index contributed by atoms with van der Waals surface area (Å²) >= 11 is 0. The number of ether oxygens (including phenoxy) is 1. The van der Waals surface area contributed by atoms with Crippen molar-refractivity contribution in [3.05, 3.63) is 6.92 Å². The van der Waals surface area contributed by atoms with Crippen molar-refractivity contribution in [3.63, 3.8) is 0 Å². The van der Waals surface area contributed by atoms with E-state index in [9.17, 15) is 0 Å². The molecule has 0 spiro atoms. The summed E-state index contributed by atoms with van der Waals surface area (Å²) in [6.45, 7) is 9.95.